The van der Waals surface area contributed by atoms with Gasteiger partial charge in [-0.15, -0.1) is 0 Å². The molecule has 3 rings (SSSR count). The first-order valence-corrected chi connectivity index (χ1v) is 8.00. The lowest BCUT2D eigenvalue weighted by Gasteiger charge is -2.29. The van der Waals surface area contributed by atoms with Crippen LogP contribution in [-0.4, -0.2) is 42.4 Å². The van der Waals surface area contributed by atoms with Crippen LogP contribution >= 0.6 is 15.9 Å². The molecule has 0 amide bonds. The Morgan fingerprint density at radius 1 is 1.20 bits per heavy atom. The third kappa shape index (κ3) is 3.27. The van der Waals surface area contributed by atoms with Crippen LogP contribution in [0.4, 0.5) is 0 Å². The Morgan fingerprint density at radius 3 is 2.75 bits per heavy atom. The first-order valence-electron chi connectivity index (χ1n) is 7.21. The van der Waals surface area contributed by atoms with Crippen LogP contribution in [0.1, 0.15) is 24.8 Å². The van der Waals surface area contributed by atoms with E-state index in [0.29, 0.717) is 13.2 Å². The highest BCUT2D eigenvalue weighted by atomic mass is 79.9. The van der Waals surface area contributed by atoms with Gasteiger partial charge in [0.25, 0.3) is 0 Å². The number of hydrogen-bond acceptors (Lipinski definition) is 4. The van der Waals surface area contributed by atoms with Gasteiger partial charge in [0.1, 0.15) is 0 Å². The minimum Gasteiger partial charge on any atom is -0.490 e. The van der Waals surface area contributed by atoms with E-state index in [1.807, 2.05) is 0 Å². The van der Waals surface area contributed by atoms with Crippen molar-refractivity contribution in [3.8, 4) is 11.5 Å². The van der Waals surface area contributed by atoms with E-state index in [4.69, 9.17) is 9.47 Å². The molecule has 0 unspecified atom stereocenters. The van der Waals surface area contributed by atoms with Gasteiger partial charge in [0.2, 0.25) is 0 Å². The molecule has 0 aliphatic carbocycles. The molecule has 0 aromatic heterocycles. The first-order chi connectivity index (χ1) is 9.72. The number of piperidine rings is 1. The van der Waals surface area contributed by atoms with E-state index < -0.39 is 0 Å². The maximum atomic E-state index is 9.56. The summed E-state index contributed by atoms with van der Waals surface area (Å²) in [5.74, 6) is 1.66. The number of benzene rings is 1. The minimum absolute atomic E-state index is 0.123. The molecule has 0 radical (unpaired) electrons. The van der Waals surface area contributed by atoms with Gasteiger partial charge in [-0.25, -0.2) is 0 Å². The zero-order chi connectivity index (χ0) is 13.9. The molecule has 1 aromatic carbocycles. The number of nitrogens with zero attached hydrogens (tertiary/aromatic N) is 1. The van der Waals surface area contributed by atoms with E-state index >= 15 is 0 Å². The standard InChI is InChI=1S/C15H20BrNO3/c16-13-8-11(10-17-4-2-12(18)3-5-17)9-14-15(13)20-7-1-6-19-14/h8-9,12,18H,1-7,10H2. The van der Waals surface area contributed by atoms with Gasteiger partial charge in [-0.1, -0.05) is 0 Å². The molecule has 0 saturated carbocycles. The fourth-order valence-corrected chi connectivity index (χ4v) is 3.32. The topological polar surface area (TPSA) is 41.9 Å². The highest BCUT2D eigenvalue weighted by Gasteiger charge is 2.19. The van der Waals surface area contributed by atoms with Gasteiger partial charge in [-0.3, -0.25) is 4.90 Å². The Balaban J connectivity index is 1.74. The number of halogens is 1. The van der Waals surface area contributed by atoms with E-state index in [9.17, 15) is 5.11 Å². The maximum Gasteiger partial charge on any atom is 0.175 e. The lowest BCUT2D eigenvalue weighted by atomic mass is 10.1. The molecule has 1 N–H and O–H groups in total. The molecule has 20 heavy (non-hydrogen) atoms. The second-order valence-corrected chi connectivity index (χ2v) is 6.32. The van der Waals surface area contributed by atoms with E-state index in [1.54, 1.807) is 0 Å². The molecule has 110 valence electrons. The fourth-order valence-electron chi connectivity index (χ4n) is 2.71. The molecule has 0 spiro atoms. The largest absolute Gasteiger partial charge is 0.490 e. The Labute approximate surface area is 127 Å². The van der Waals surface area contributed by atoms with E-state index in [-0.39, 0.29) is 6.10 Å². The van der Waals surface area contributed by atoms with Gasteiger partial charge in [0.15, 0.2) is 11.5 Å². The van der Waals surface area contributed by atoms with Gasteiger partial charge < -0.3 is 14.6 Å². The Morgan fingerprint density at radius 2 is 1.95 bits per heavy atom. The van der Waals surface area contributed by atoms with Crippen molar-refractivity contribution >= 4 is 15.9 Å². The molecule has 2 aliphatic rings. The molecule has 1 saturated heterocycles. The molecule has 1 aromatic rings. The monoisotopic (exact) mass is 341 g/mol. The third-order valence-corrected chi connectivity index (χ3v) is 4.41. The van der Waals surface area contributed by atoms with E-state index in [2.05, 4.69) is 33.0 Å². The normalized spacial score (nSPS) is 20.7. The summed E-state index contributed by atoms with van der Waals surface area (Å²) in [5, 5.41) is 9.56. The maximum absolute atomic E-state index is 9.56. The van der Waals surface area contributed by atoms with Crippen LogP contribution < -0.4 is 9.47 Å². The Bertz CT molecular complexity index is 472. The van der Waals surface area contributed by atoms with E-state index in [1.165, 1.54) is 5.56 Å². The summed E-state index contributed by atoms with van der Waals surface area (Å²) in [6.07, 6.45) is 2.53. The number of rotatable bonds is 2. The lowest BCUT2D eigenvalue weighted by molar-refractivity contribution is 0.0792. The lowest BCUT2D eigenvalue weighted by Crippen LogP contribution is -2.35. The van der Waals surface area contributed by atoms with Crippen molar-refractivity contribution in [1.29, 1.82) is 0 Å². The average Bonchev–Trinajstić information content (AvgIpc) is 2.67. The number of hydrogen-bond donors (Lipinski definition) is 1. The van der Waals surface area contributed by atoms with Gasteiger partial charge in [-0.05, 0) is 46.5 Å². The highest BCUT2D eigenvalue weighted by Crippen LogP contribution is 2.38. The predicted octanol–water partition coefficient (Wildman–Crippen LogP) is 2.57. The van der Waals surface area contributed by atoms with Crippen molar-refractivity contribution in [2.45, 2.75) is 31.9 Å². The molecule has 2 heterocycles. The molecular weight excluding hydrogens is 322 g/mol. The van der Waals surface area contributed by atoms with Crippen LogP contribution in [0.5, 0.6) is 11.5 Å². The average molecular weight is 342 g/mol. The van der Waals surface area contributed by atoms with Crippen LogP contribution in [0.2, 0.25) is 0 Å². The summed E-state index contributed by atoms with van der Waals surface area (Å²) in [6, 6.07) is 4.19. The van der Waals surface area contributed by atoms with Crippen LogP contribution in [0, 0.1) is 0 Å². The summed E-state index contributed by atoms with van der Waals surface area (Å²) >= 11 is 3.58. The Kier molecular flexibility index (Phi) is 4.48. The number of aliphatic hydroxyl groups excluding tert-OH is 1. The first kappa shape index (κ1) is 14.2. The summed E-state index contributed by atoms with van der Waals surface area (Å²) < 4.78 is 12.4. The fraction of sp³-hybridized carbons (Fsp3) is 0.600. The molecule has 1 fully saturated rings. The van der Waals surface area contributed by atoms with E-state index in [0.717, 1.165) is 54.9 Å². The zero-order valence-electron chi connectivity index (χ0n) is 11.5. The third-order valence-electron chi connectivity index (χ3n) is 3.83. The van der Waals surface area contributed by atoms with Gasteiger partial charge in [-0.2, -0.15) is 0 Å². The van der Waals surface area contributed by atoms with Crippen molar-refractivity contribution in [3.05, 3.63) is 22.2 Å². The van der Waals surface area contributed by atoms with Crippen molar-refractivity contribution in [1.82, 2.24) is 4.90 Å². The van der Waals surface area contributed by atoms with Crippen LogP contribution in [0.3, 0.4) is 0 Å². The summed E-state index contributed by atoms with van der Waals surface area (Å²) in [5.41, 5.74) is 1.22. The van der Waals surface area contributed by atoms with Gasteiger partial charge in [0.05, 0.1) is 23.8 Å². The summed E-state index contributed by atoms with van der Waals surface area (Å²) in [6.45, 7) is 4.20. The SMILES string of the molecule is OC1CCN(Cc2cc(Br)c3c(c2)OCCCO3)CC1. The Hall–Kier alpha value is -0.780. The highest BCUT2D eigenvalue weighted by molar-refractivity contribution is 9.10. The van der Waals surface area contributed by atoms with Gasteiger partial charge >= 0.3 is 0 Å². The smallest absolute Gasteiger partial charge is 0.175 e. The predicted molar refractivity (Wildman–Crippen MR) is 80.3 cm³/mol. The van der Waals surface area contributed by atoms with Crippen LogP contribution in [0.15, 0.2) is 16.6 Å². The molecule has 0 atom stereocenters. The zero-order valence-corrected chi connectivity index (χ0v) is 13.1. The number of aliphatic hydroxyl groups is 1. The minimum atomic E-state index is -0.123. The number of fused-ring (bicyclic) bond motifs is 1. The second kappa shape index (κ2) is 6.33. The van der Waals surface area contributed by atoms with Crippen molar-refractivity contribution in [3.63, 3.8) is 0 Å². The molecule has 5 heteroatoms. The quantitative estimate of drug-likeness (QED) is 0.897. The van der Waals surface area contributed by atoms with Gasteiger partial charge in [0, 0.05) is 26.1 Å². The molecule has 2 aliphatic heterocycles. The molecular formula is C15H20BrNO3. The van der Waals surface area contributed by atoms with Crippen molar-refractivity contribution < 1.29 is 14.6 Å². The van der Waals surface area contributed by atoms with Crippen LogP contribution in [0.25, 0.3) is 0 Å². The van der Waals surface area contributed by atoms with Crippen molar-refractivity contribution in [2.24, 2.45) is 0 Å². The summed E-state index contributed by atoms with van der Waals surface area (Å²) in [4.78, 5) is 2.37. The number of ether oxygens (including phenoxy) is 2. The molecule has 0 bridgehead atoms. The van der Waals surface area contributed by atoms with Crippen LogP contribution in [-0.2, 0) is 6.54 Å². The summed E-state index contributed by atoms with van der Waals surface area (Å²) in [7, 11) is 0. The second-order valence-electron chi connectivity index (χ2n) is 5.46. The van der Waals surface area contributed by atoms with Crippen molar-refractivity contribution in [2.75, 3.05) is 26.3 Å². The number of likely N-dealkylation sites (tertiary alicyclic amines) is 1. The molecule has 4 nitrogen and oxygen atoms in total.